The first-order valence-corrected chi connectivity index (χ1v) is 7.15. The average molecular weight is 277 g/mol. The van der Waals surface area contributed by atoms with Crippen LogP contribution in [0.5, 0.6) is 5.75 Å². The lowest BCUT2D eigenvalue weighted by Crippen LogP contribution is -2.43. The van der Waals surface area contributed by atoms with Crippen molar-refractivity contribution < 1.29 is 9.53 Å². The Hall–Kier alpha value is -1.59. The van der Waals surface area contributed by atoms with Crippen molar-refractivity contribution >= 4 is 5.91 Å². The van der Waals surface area contributed by atoms with Crippen LogP contribution in [0.4, 0.5) is 0 Å². The maximum atomic E-state index is 12.1. The zero-order valence-corrected chi connectivity index (χ0v) is 12.1. The normalized spacial score (nSPS) is 21.7. The number of para-hydroxylation sites is 1. The highest BCUT2D eigenvalue weighted by Gasteiger charge is 2.28. The summed E-state index contributed by atoms with van der Waals surface area (Å²) in [6, 6.07) is 7.95. The molecule has 0 bridgehead atoms. The molecule has 2 rings (SSSR count). The van der Waals surface area contributed by atoms with Gasteiger partial charge < -0.3 is 10.1 Å². The minimum atomic E-state index is -0.152. The number of methoxy groups -OCH3 is 1. The molecule has 1 amide bonds. The van der Waals surface area contributed by atoms with Gasteiger partial charge in [-0.05, 0) is 18.9 Å². The first kappa shape index (κ1) is 14.8. The van der Waals surface area contributed by atoms with E-state index < -0.39 is 0 Å². The standard InChI is InChI=1S/C15H23N3O2/c1-3-6-12-9-13(18-17-12)15(19)16-10-11-7-4-5-8-14(11)20-2/h4-5,7-8,12-13,17-18H,3,6,9-10H2,1-2H3,(H,16,19). The summed E-state index contributed by atoms with van der Waals surface area (Å²) in [4.78, 5) is 12.1. The highest BCUT2D eigenvalue weighted by Crippen LogP contribution is 2.17. The highest BCUT2D eigenvalue weighted by atomic mass is 16.5. The monoisotopic (exact) mass is 277 g/mol. The Labute approximate surface area is 120 Å². The topological polar surface area (TPSA) is 62.4 Å². The molecule has 0 saturated carbocycles. The second-order valence-corrected chi connectivity index (χ2v) is 5.09. The molecule has 0 aromatic heterocycles. The molecule has 20 heavy (non-hydrogen) atoms. The molecule has 3 N–H and O–H groups in total. The molecule has 5 nitrogen and oxygen atoms in total. The maximum absolute atomic E-state index is 12.1. The molecule has 2 unspecified atom stereocenters. The Morgan fingerprint density at radius 3 is 2.95 bits per heavy atom. The zero-order chi connectivity index (χ0) is 14.4. The SMILES string of the molecule is CCCC1CC(C(=O)NCc2ccccc2OC)NN1. The first-order valence-electron chi connectivity index (χ1n) is 7.15. The summed E-state index contributed by atoms with van der Waals surface area (Å²) >= 11 is 0. The van der Waals surface area contributed by atoms with Gasteiger partial charge in [-0.1, -0.05) is 31.5 Å². The van der Waals surface area contributed by atoms with Crippen LogP contribution in [0.15, 0.2) is 24.3 Å². The van der Waals surface area contributed by atoms with E-state index >= 15 is 0 Å². The van der Waals surface area contributed by atoms with Gasteiger partial charge in [0.25, 0.3) is 0 Å². The van der Waals surface area contributed by atoms with Crippen LogP contribution in [-0.4, -0.2) is 25.1 Å². The van der Waals surface area contributed by atoms with Crippen LogP contribution in [0.25, 0.3) is 0 Å². The van der Waals surface area contributed by atoms with E-state index in [4.69, 9.17) is 4.74 Å². The van der Waals surface area contributed by atoms with Gasteiger partial charge in [0.1, 0.15) is 11.8 Å². The number of rotatable bonds is 6. The van der Waals surface area contributed by atoms with Crippen LogP contribution in [-0.2, 0) is 11.3 Å². The summed E-state index contributed by atoms with van der Waals surface area (Å²) in [5, 5.41) is 2.96. The third kappa shape index (κ3) is 3.71. The number of carbonyl (C=O) groups is 1. The van der Waals surface area contributed by atoms with Gasteiger partial charge in [0.05, 0.1) is 7.11 Å². The number of hydrogen-bond donors (Lipinski definition) is 3. The third-order valence-corrected chi connectivity index (χ3v) is 3.58. The molecule has 1 aliphatic heterocycles. The lowest BCUT2D eigenvalue weighted by Gasteiger charge is -2.12. The van der Waals surface area contributed by atoms with Crippen LogP contribution in [0.3, 0.4) is 0 Å². The van der Waals surface area contributed by atoms with E-state index in [-0.39, 0.29) is 11.9 Å². The van der Waals surface area contributed by atoms with E-state index in [0.717, 1.165) is 30.6 Å². The molecule has 110 valence electrons. The summed E-state index contributed by atoms with van der Waals surface area (Å²) in [7, 11) is 1.64. The molecule has 5 heteroatoms. The smallest absolute Gasteiger partial charge is 0.238 e. The molecule has 1 fully saturated rings. The molecule has 0 aliphatic carbocycles. The van der Waals surface area contributed by atoms with E-state index in [1.807, 2.05) is 24.3 Å². The molecule has 2 atom stereocenters. The van der Waals surface area contributed by atoms with Gasteiger partial charge in [-0.3, -0.25) is 10.2 Å². The number of hydrogen-bond acceptors (Lipinski definition) is 4. The number of amides is 1. The summed E-state index contributed by atoms with van der Waals surface area (Å²) in [6.45, 7) is 2.64. The zero-order valence-electron chi connectivity index (χ0n) is 12.1. The predicted molar refractivity (Wildman–Crippen MR) is 78.2 cm³/mol. The molecule has 1 aromatic rings. The molecule has 1 aliphatic rings. The van der Waals surface area contributed by atoms with Gasteiger partial charge in [0.2, 0.25) is 5.91 Å². The predicted octanol–water partition coefficient (Wildman–Crippen LogP) is 1.35. The molecule has 1 heterocycles. The van der Waals surface area contributed by atoms with Crippen molar-refractivity contribution in [3.63, 3.8) is 0 Å². The van der Waals surface area contributed by atoms with E-state index in [1.165, 1.54) is 0 Å². The van der Waals surface area contributed by atoms with Gasteiger partial charge >= 0.3 is 0 Å². The summed E-state index contributed by atoms with van der Waals surface area (Å²) in [6.07, 6.45) is 3.05. The second kappa shape index (κ2) is 7.26. The van der Waals surface area contributed by atoms with Crippen molar-refractivity contribution in [2.24, 2.45) is 0 Å². The molecule has 1 aromatic carbocycles. The number of carbonyl (C=O) groups excluding carboxylic acids is 1. The molecular formula is C15H23N3O2. The van der Waals surface area contributed by atoms with Crippen LogP contribution >= 0.6 is 0 Å². The van der Waals surface area contributed by atoms with Crippen molar-refractivity contribution in [3.8, 4) is 5.75 Å². The Balaban J connectivity index is 1.83. The number of benzene rings is 1. The van der Waals surface area contributed by atoms with Gasteiger partial charge in [0.15, 0.2) is 0 Å². The van der Waals surface area contributed by atoms with Crippen molar-refractivity contribution in [2.45, 2.75) is 44.8 Å². The van der Waals surface area contributed by atoms with Crippen molar-refractivity contribution in [1.82, 2.24) is 16.2 Å². The van der Waals surface area contributed by atoms with Gasteiger partial charge in [-0.15, -0.1) is 0 Å². The summed E-state index contributed by atoms with van der Waals surface area (Å²) in [5.74, 6) is 0.830. The van der Waals surface area contributed by atoms with Crippen molar-refractivity contribution in [3.05, 3.63) is 29.8 Å². The van der Waals surface area contributed by atoms with E-state index in [9.17, 15) is 4.79 Å². The minimum Gasteiger partial charge on any atom is -0.496 e. The second-order valence-electron chi connectivity index (χ2n) is 5.09. The fourth-order valence-electron chi connectivity index (χ4n) is 2.49. The van der Waals surface area contributed by atoms with E-state index in [2.05, 4.69) is 23.1 Å². The van der Waals surface area contributed by atoms with Crippen LogP contribution in [0.1, 0.15) is 31.7 Å². The fraction of sp³-hybridized carbons (Fsp3) is 0.533. The van der Waals surface area contributed by atoms with Crippen molar-refractivity contribution in [2.75, 3.05) is 7.11 Å². The summed E-state index contributed by atoms with van der Waals surface area (Å²) in [5.41, 5.74) is 7.22. The summed E-state index contributed by atoms with van der Waals surface area (Å²) < 4.78 is 5.27. The van der Waals surface area contributed by atoms with Crippen LogP contribution in [0, 0.1) is 0 Å². The maximum Gasteiger partial charge on any atom is 0.238 e. The molecule has 1 saturated heterocycles. The van der Waals surface area contributed by atoms with Gasteiger partial charge in [-0.2, -0.15) is 0 Å². The molecular weight excluding hydrogens is 254 g/mol. The van der Waals surface area contributed by atoms with Gasteiger partial charge in [0, 0.05) is 18.2 Å². The Bertz CT molecular complexity index is 450. The largest absolute Gasteiger partial charge is 0.496 e. The average Bonchev–Trinajstić information content (AvgIpc) is 2.94. The highest BCUT2D eigenvalue weighted by molar-refractivity contribution is 5.82. The van der Waals surface area contributed by atoms with Gasteiger partial charge in [-0.25, -0.2) is 5.43 Å². The first-order chi connectivity index (χ1) is 9.74. The Morgan fingerprint density at radius 1 is 1.40 bits per heavy atom. The van der Waals surface area contributed by atoms with Crippen LogP contribution < -0.4 is 20.9 Å². The van der Waals surface area contributed by atoms with Crippen molar-refractivity contribution in [1.29, 1.82) is 0 Å². The minimum absolute atomic E-state index is 0.0296. The molecule has 0 spiro atoms. The van der Waals surface area contributed by atoms with E-state index in [1.54, 1.807) is 7.11 Å². The third-order valence-electron chi connectivity index (χ3n) is 3.58. The number of ether oxygens (including phenoxy) is 1. The van der Waals surface area contributed by atoms with Crippen LogP contribution in [0.2, 0.25) is 0 Å². The fourth-order valence-corrected chi connectivity index (χ4v) is 2.49. The number of nitrogens with one attached hydrogen (secondary N) is 3. The number of hydrazine groups is 1. The Kier molecular flexibility index (Phi) is 5.38. The lowest BCUT2D eigenvalue weighted by molar-refractivity contribution is -0.123. The molecule has 0 radical (unpaired) electrons. The quantitative estimate of drug-likeness (QED) is 0.734. The lowest BCUT2D eigenvalue weighted by atomic mass is 10.1. The Morgan fingerprint density at radius 2 is 2.20 bits per heavy atom. The van der Waals surface area contributed by atoms with E-state index in [0.29, 0.717) is 12.6 Å².